The number of halogens is 3. The van der Waals surface area contributed by atoms with E-state index in [1.807, 2.05) is 29.2 Å². The summed E-state index contributed by atoms with van der Waals surface area (Å²) in [6, 6.07) is 12.9. The Labute approximate surface area is 193 Å². The van der Waals surface area contributed by atoms with Crippen molar-refractivity contribution in [3.05, 3.63) is 65.2 Å². The van der Waals surface area contributed by atoms with Gasteiger partial charge in [-0.15, -0.1) is 0 Å². The third-order valence-electron chi connectivity index (χ3n) is 5.96. The predicted molar refractivity (Wildman–Crippen MR) is 119 cm³/mol. The van der Waals surface area contributed by atoms with Gasteiger partial charge in [0.1, 0.15) is 5.84 Å². The molecule has 2 aliphatic rings. The number of amidine groups is 1. The van der Waals surface area contributed by atoms with Crippen molar-refractivity contribution in [2.45, 2.75) is 37.9 Å². The second kappa shape index (κ2) is 9.28. The van der Waals surface area contributed by atoms with E-state index in [0.717, 1.165) is 30.5 Å². The van der Waals surface area contributed by atoms with Crippen LogP contribution < -0.4 is 15.5 Å². The van der Waals surface area contributed by atoms with E-state index in [0.29, 0.717) is 6.42 Å². The van der Waals surface area contributed by atoms with E-state index in [9.17, 15) is 27.6 Å². The number of anilines is 1. The lowest BCUT2D eigenvalue weighted by Gasteiger charge is -2.37. The Morgan fingerprint density at radius 3 is 2.26 bits per heavy atom. The monoisotopic (exact) mass is 472 g/mol. The van der Waals surface area contributed by atoms with E-state index in [1.54, 1.807) is 0 Å². The Bertz CT molecular complexity index is 1130. The topological polar surface area (TPSA) is 102 Å². The van der Waals surface area contributed by atoms with Crippen LogP contribution in [0.1, 0.15) is 40.7 Å². The summed E-state index contributed by atoms with van der Waals surface area (Å²) in [5.74, 6) is -3.25. The van der Waals surface area contributed by atoms with E-state index in [1.165, 1.54) is 29.6 Å². The number of nitrogens with one attached hydrogen (secondary N) is 3. The minimum absolute atomic E-state index is 0.0271. The van der Waals surface area contributed by atoms with Gasteiger partial charge in [0.05, 0.1) is 6.04 Å². The Morgan fingerprint density at radius 2 is 1.62 bits per heavy atom. The number of aryl methyl sites for hydroxylation is 1. The number of benzene rings is 2. The number of para-hydroxylation sites is 1. The summed E-state index contributed by atoms with van der Waals surface area (Å²) in [7, 11) is 0. The van der Waals surface area contributed by atoms with Crippen molar-refractivity contribution < 1.29 is 27.6 Å². The highest BCUT2D eigenvalue weighted by Crippen LogP contribution is 2.37. The molecule has 1 aliphatic carbocycles. The highest BCUT2D eigenvalue weighted by molar-refractivity contribution is 6.08. The smallest absolute Gasteiger partial charge is 0.350 e. The van der Waals surface area contributed by atoms with Gasteiger partial charge in [-0.1, -0.05) is 30.3 Å². The van der Waals surface area contributed by atoms with Gasteiger partial charge in [0, 0.05) is 29.3 Å². The van der Waals surface area contributed by atoms with Crippen molar-refractivity contribution in [1.82, 2.24) is 10.6 Å². The molecule has 1 aliphatic heterocycles. The average molecular weight is 472 g/mol. The molecule has 0 spiro atoms. The standard InChI is InChI=1S/C24H23F3N4O3/c25-24(26,27)23(34)30-20(28)15-5-7-16(8-6-15)21(32)29-13-18-12-11-14-3-1-2-4-19(14)31(18)22(33)17-9-10-17/h1-8,17-18H,9-13H2,(H,29,32)(H2,28,30,34). The maximum absolute atomic E-state index is 13.0. The van der Waals surface area contributed by atoms with E-state index >= 15 is 0 Å². The number of rotatable bonds is 5. The molecule has 3 N–H and O–H groups in total. The Hall–Kier alpha value is -3.69. The van der Waals surface area contributed by atoms with Crippen molar-refractivity contribution in [3.63, 3.8) is 0 Å². The van der Waals surface area contributed by atoms with Crippen LogP contribution in [-0.4, -0.2) is 42.3 Å². The molecule has 1 saturated carbocycles. The molecule has 4 rings (SSSR count). The molecule has 7 nitrogen and oxygen atoms in total. The lowest BCUT2D eigenvalue weighted by Crippen LogP contribution is -2.50. The molecule has 1 atom stereocenters. The summed E-state index contributed by atoms with van der Waals surface area (Å²) in [6.45, 7) is 0.255. The maximum atomic E-state index is 13.0. The van der Waals surface area contributed by atoms with Gasteiger partial charge in [-0.3, -0.25) is 19.8 Å². The first-order valence-corrected chi connectivity index (χ1v) is 10.9. The van der Waals surface area contributed by atoms with Crippen LogP contribution in [0.4, 0.5) is 18.9 Å². The van der Waals surface area contributed by atoms with E-state index < -0.39 is 23.8 Å². The number of fused-ring (bicyclic) bond motifs is 1. The number of amides is 3. The summed E-state index contributed by atoms with van der Waals surface area (Å²) in [6.07, 6.45) is -1.83. The minimum atomic E-state index is -5.10. The second-order valence-electron chi connectivity index (χ2n) is 8.42. The van der Waals surface area contributed by atoms with E-state index in [4.69, 9.17) is 5.41 Å². The lowest BCUT2D eigenvalue weighted by atomic mass is 9.95. The van der Waals surface area contributed by atoms with E-state index in [2.05, 4.69) is 5.32 Å². The Morgan fingerprint density at radius 1 is 0.971 bits per heavy atom. The highest BCUT2D eigenvalue weighted by Gasteiger charge is 2.40. The average Bonchev–Trinajstić information content (AvgIpc) is 3.66. The fourth-order valence-corrected chi connectivity index (χ4v) is 3.98. The normalized spacial score (nSPS) is 17.5. The summed E-state index contributed by atoms with van der Waals surface area (Å²) in [5, 5.41) is 11.9. The van der Waals surface area contributed by atoms with E-state index in [-0.39, 0.29) is 35.5 Å². The molecular formula is C24H23F3N4O3. The Balaban J connectivity index is 1.39. The third kappa shape index (κ3) is 5.11. The number of alkyl halides is 3. The first kappa shape index (κ1) is 23.5. The molecule has 0 aromatic heterocycles. The van der Waals surface area contributed by atoms with Crippen LogP contribution in [0.2, 0.25) is 0 Å². The first-order chi connectivity index (χ1) is 16.1. The molecule has 0 saturated heterocycles. The Kier molecular flexibility index (Phi) is 6.41. The molecule has 10 heteroatoms. The molecule has 3 amide bonds. The molecule has 34 heavy (non-hydrogen) atoms. The number of carbonyl (C=O) groups is 3. The quantitative estimate of drug-likeness (QED) is 0.460. The fourth-order valence-electron chi connectivity index (χ4n) is 3.98. The van der Waals surface area contributed by atoms with Crippen LogP contribution in [0.5, 0.6) is 0 Å². The molecule has 0 bridgehead atoms. The second-order valence-corrected chi connectivity index (χ2v) is 8.42. The van der Waals surface area contributed by atoms with Crippen molar-refractivity contribution >= 4 is 29.2 Å². The van der Waals surface area contributed by atoms with Crippen LogP contribution in [-0.2, 0) is 16.0 Å². The van der Waals surface area contributed by atoms with Gasteiger partial charge in [0.2, 0.25) is 5.91 Å². The van der Waals surface area contributed by atoms with Crippen LogP contribution in [0.25, 0.3) is 0 Å². The van der Waals surface area contributed by atoms with Crippen molar-refractivity contribution in [2.24, 2.45) is 5.92 Å². The van der Waals surface area contributed by atoms with Crippen molar-refractivity contribution in [3.8, 4) is 0 Å². The molecule has 1 heterocycles. The van der Waals surface area contributed by atoms with Gasteiger partial charge in [-0.25, -0.2) is 0 Å². The first-order valence-electron chi connectivity index (χ1n) is 10.9. The van der Waals surface area contributed by atoms with Crippen LogP contribution >= 0.6 is 0 Å². The fraction of sp³-hybridized carbons (Fsp3) is 0.333. The zero-order valence-corrected chi connectivity index (χ0v) is 18.1. The number of hydrogen-bond acceptors (Lipinski definition) is 4. The van der Waals surface area contributed by atoms with Gasteiger partial charge in [-0.05, 0) is 49.4 Å². The molecule has 1 fully saturated rings. The summed E-state index contributed by atoms with van der Waals surface area (Å²) < 4.78 is 37.1. The number of hydrogen-bond donors (Lipinski definition) is 3. The van der Waals surface area contributed by atoms with Gasteiger partial charge in [-0.2, -0.15) is 13.2 Å². The van der Waals surface area contributed by atoms with Gasteiger partial charge >= 0.3 is 12.1 Å². The molecule has 178 valence electrons. The molecular weight excluding hydrogens is 449 g/mol. The largest absolute Gasteiger partial charge is 0.471 e. The van der Waals surface area contributed by atoms with Gasteiger partial charge in [0.15, 0.2) is 0 Å². The van der Waals surface area contributed by atoms with Crippen molar-refractivity contribution in [1.29, 1.82) is 5.41 Å². The number of nitrogens with zero attached hydrogens (tertiary/aromatic N) is 1. The van der Waals surface area contributed by atoms with Gasteiger partial charge < -0.3 is 15.5 Å². The SMILES string of the molecule is N=C(NC(=O)C(F)(F)F)c1ccc(C(=O)NCC2CCc3ccccc3N2C(=O)C2CC2)cc1. The number of carbonyl (C=O) groups excluding carboxylic acids is 3. The predicted octanol–water partition coefficient (Wildman–Crippen LogP) is 3.18. The maximum Gasteiger partial charge on any atom is 0.471 e. The van der Waals surface area contributed by atoms with Crippen LogP contribution in [0, 0.1) is 11.3 Å². The summed E-state index contributed by atoms with van der Waals surface area (Å²) >= 11 is 0. The van der Waals surface area contributed by atoms with Crippen LogP contribution in [0.15, 0.2) is 48.5 Å². The molecule has 0 radical (unpaired) electrons. The summed E-state index contributed by atoms with van der Waals surface area (Å²) in [5.41, 5.74) is 2.26. The molecule has 2 aromatic rings. The van der Waals surface area contributed by atoms with Gasteiger partial charge in [0.25, 0.3) is 5.91 Å². The zero-order chi connectivity index (χ0) is 24.5. The van der Waals surface area contributed by atoms with Crippen molar-refractivity contribution in [2.75, 3.05) is 11.4 Å². The minimum Gasteiger partial charge on any atom is -0.350 e. The summed E-state index contributed by atoms with van der Waals surface area (Å²) in [4.78, 5) is 38.4. The third-order valence-corrected chi connectivity index (χ3v) is 5.96. The van der Waals surface area contributed by atoms with Crippen LogP contribution in [0.3, 0.4) is 0 Å². The lowest BCUT2D eigenvalue weighted by molar-refractivity contribution is -0.171. The zero-order valence-electron chi connectivity index (χ0n) is 18.1. The molecule has 2 aromatic carbocycles. The molecule has 1 unspecified atom stereocenters. The highest BCUT2D eigenvalue weighted by atomic mass is 19.4.